The summed E-state index contributed by atoms with van der Waals surface area (Å²) >= 11 is 18.5. The Bertz CT molecular complexity index is 625. The van der Waals surface area contributed by atoms with Crippen LogP contribution < -0.4 is 5.32 Å². The quantitative estimate of drug-likeness (QED) is 0.719. The molecule has 0 bridgehead atoms. The molecule has 0 aliphatic carbocycles. The minimum atomic E-state index is 0.152. The first-order chi connectivity index (χ1) is 10.0. The van der Waals surface area contributed by atoms with E-state index in [0.717, 1.165) is 34.7 Å². The largest absolute Gasteiger partial charge is 0.310 e. The first-order valence-corrected chi connectivity index (χ1v) is 8.08. The van der Waals surface area contributed by atoms with Gasteiger partial charge in [-0.15, -0.1) is 0 Å². The minimum Gasteiger partial charge on any atom is -0.310 e. The lowest BCUT2D eigenvalue weighted by Gasteiger charge is -2.21. The molecule has 1 N–H and O–H groups in total. The number of hydrogen-bond acceptors (Lipinski definition) is 1. The van der Waals surface area contributed by atoms with Crippen molar-refractivity contribution in [1.29, 1.82) is 0 Å². The first kappa shape index (κ1) is 16.6. The van der Waals surface area contributed by atoms with Gasteiger partial charge in [0, 0.05) is 11.1 Å². The highest BCUT2D eigenvalue weighted by Crippen LogP contribution is 2.30. The van der Waals surface area contributed by atoms with Gasteiger partial charge in [0.15, 0.2) is 0 Å². The van der Waals surface area contributed by atoms with E-state index in [0.29, 0.717) is 10.0 Å². The Kier molecular flexibility index (Phi) is 5.95. The summed E-state index contributed by atoms with van der Waals surface area (Å²) in [5, 5.41) is 5.47. The van der Waals surface area contributed by atoms with Gasteiger partial charge in [0.2, 0.25) is 0 Å². The molecule has 0 aliphatic heterocycles. The Morgan fingerprint density at radius 2 is 1.81 bits per heavy atom. The highest BCUT2D eigenvalue weighted by Gasteiger charge is 2.16. The highest BCUT2D eigenvalue weighted by molar-refractivity contribution is 6.42. The van der Waals surface area contributed by atoms with Crippen LogP contribution in [0, 0.1) is 6.92 Å². The molecule has 2 aromatic carbocycles. The van der Waals surface area contributed by atoms with Gasteiger partial charge < -0.3 is 5.32 Å². The molecule has 21 heavy (non-hydrogen) atoms. The second kappa shape index (κ2) is 7.51. The Balaban J connectivity index is 2.30. The van der Waals surface area contributed by atoms with Crippen molar-refractivity contribution < 1.29 is 0 Å². The molecule has 0 aromatic heterocycles. The Hall–Kier alpha value is -0.730. The summed E-state index contributed by atoms with van der Waals surface area (Å²) in [5.41, 5.74) is 3.34. The monoisotopic (exact) mass is 341 g/mol. The lowest BCUT2D eigenvalue weighted by Crippen LogP contribution is -2.23. The zero-order chi connectivity index (χ0) is 15.4. The van der Waals surface area contributed by atoms with Crippen LogP contribution in [0.25, 0.3) is 0 Å². The number of aryl methyl sites for hydroxylation is 1. The van der Waals surface area contributed by atoms with E-state index in [1.807, 2.05) is 37.3 Å². The number of halogens is 3. The van der Waals surface area contributed by atoms with Crippen molar-refractivity contribution in [3.05, 3.63) is 68.2 Å². The topological polar surface area (TPSA) is 12.0 Å². The maximum atomic E-state index is 6.46. The van der Waals surface area contributed by atoms with Gasteiger partial charge in [-0.3, -0.25) is 0 Å². The molecule has 1 nitrogen and oxygen atoms in total. The molecule has 0 amide bonds. The van der Waals surface area contributed by atoms with Crippen LogP contribution in [0.4, 0.5) is 0 Å². The van der Waals surface area contributed by atoms with E-state index in [-0.39, 0.29) is 6.04 Å². The van der Waals surface area contributed by atoms with Crippen LogP contribution in [-0.4, -0.2) is 6.54 Å². The van der Waals surface area contributed by atoms with Crippen molar-refractivity contribution >= 4 is 34.8 Å². The molecule has 0 saturated heterocycles. The predicted octanol–water partition coefficient (Wildman–Crippen LogP) is 5.85. The van der Waals surface area contributed by atoms with Gasteiger partial charge in [0.25, 0.3) is 0 Å². The average molecular weight is 343 g/mol. The second-order valence-corrected chi connectivity index (χ2v) is 6.23. The third-order valence-corrected chi connectivity index (χ3v) is 4.73. The highest BCUT2D eigenvalue weighted by atomic mass is 35.5. The summed E-state index contributed by atoms with van der Waals surface area (Å²) in [5.74, 6) is 0. The van der Waals surface area contributed by atoms with E-state index in [2.05, 4.69) is 18.3 Å². The van der Waals surface area contributed by atoms with Crippen molar-refractivity contribution in [3.8, 4) is 0 Å². The summed E-state index contributed by atoms with van der Waals surface area (Å²) < 4.78 is 0. The third-order valence-electron chi connectivity index (χ3n) is 3.47. The second-order valence-electron chi connectivity index (χ2n) is 5.04. The molecular formula is C17H18Cl3N. The van der Waals surface area contributed by atoms with Gasteiger partial charge in [-0.2, -0.15) is 0 Å². The molecule has 2 aromatic rings. The van der Waals surface area contributed by atoms with E-state index in [9.17, 15) is 0 Å². The Morgan fingerprint density at radius 3 is 2.48 bits per heavy atom. The van der Waals surface area contributed by atoms with E-state index in [1.54, 1.807) is 0 Å². The number of likely N-dealkylation sites (N-methyl/N-ethyl adjacent to an activating group) is 1. The molecule has 0 aliphatic rings. The normalized spacial score (nSPS) is 12.4. The standard InChI is InChI=1S/C17H18Cl3N/c1-3-21-16(13-6-4-5-11(2)17(13)20)10-12-7-8-14(18)15(19)9-12/h4-9,16,21H,3,10H2,1-2H3. The summed E-state index contributed by atoms with van der Waals surface area (Å²) in [7, 11) is 0. The van der Waals surface area contributed by atoms with Gasteiger partial charge >= 0.3 is 0 Å². The number of benzene rings is 2. The van der Waals surface area contributed by atoms with Crippen molar-refractivity contribution in [2.45, 2.75) is 26.3 Å². The molecular weight excluding hydrogens is 325 g/mol. The molecule has 4 heteroatoms. The van der Waals surface area contributed by atoms with Gasteiger partial charge in [-0.1, -0.05) is 66.0 Å². The fourth-order valence-corrected chi connectivity index (χ4v) is 2.96. The van der Waals surface area contributed by atoms with E-state index in [1.165, 1.54) is 0 Å². The minimum absolute atomic E-state index is 0.152. The van der Waals surface area contributed by atoms with Crippen LogP contribution >= 0.6 is 34.8 Å². The van der Waals surface area contributed by atoms with Crippen molar-refractivity contribution in [3.63, 3.8) is 0 Å². The van der Waals surface area contributed by atoms with Crippen molar-refractivity contribution in [2.75, 3.05) is 6.54 Å². The first-order valence-electron chi connectivity index (χ1n) is 6.95. The number of rotatable bonds is 5. The molecule has 0 spiro atoms. The van der Waals surface area contributed by atoms with Crippen molar-refractivity contribution in [1.82, 2.24) is 5.32 Å². The molecule has 1 atom stereocenters. The molecule has 1 unspecified atom stereocenters. The average Bonchev–Trinajstić information content (AvgIpc) is 2.45. The fourth-order valence-electron chi connectivity index (χ4n) is 2.38. The molecule has 112 valence electrons. The van der Waals surface area contributed by atoms with Crippen LogP contribution in [0.2, 0.25) is 15.1 Å². The van der Waals surface area contributed by atoms with Crippen LogP contribution in [0.15, 0.2) is 36.4 Å². The van der Waals surface area contributed by atoms with E-state index >= 15 is 0 Å². The molecule has 0 radical (unpaired) electrons. The van der Waals surface area contributed by atoms with Gasteiger partial charge in [-0.05, 0) is 48.7 Å². The lowest BCUT2D eigenvalue weighted by atomic mass is 9.97. The zero-order valence-corrected chi connectivity index (χ0v) is 14.4. The maximum Gasteiger partial charge on any atom is 0.0595 e. The van der Waals surface area contributed by atoms with Crippen LogP contribution in [0.1, 0.15) is 29.7 Å². The van der Waals surface area contributed by atoms with E-state index < -0.39 is 0 Å². The predicted molar refractivity (Wildman–Crippen MR) is 92.8 cm³/mol. The smallest absolute Gasteiger partial charge is 0.0595 e. The summed E-state index contributed by atoms with van der Waals surface area (Å²) in [6, 6.07) is 12.0. The molecule has 0 fully saturated rings. The zero-order valence-electron chi connectivity index (χ0n) is 12.1. The molecule has 0 saturated carbocycles. The van der Waals surface area contributed by atoms with Gasteiger partial charge in [0.05, 0.1) is 10.0 Å². The van der Waals surface area contributed by atoms with Crippen LogP contribution in [0.5, 0.6) is 0 Å². The number of hydrogen-bond donors (Lipinski definition) is 1. The van der Waals surface area contributed by atoms with Crippen molar-refractivity contribution in [2.24, 2.45) is 0 Å². The van der Waals surface area contributed by atoms with Crippen LogP contribution in [0.3, 0.4) is 0 Å². The fraction of sp³-hybridized carbons (Fsp3) is 0.294. The lowest BCUT2D eigenvalue weighted by molar-refractivity contribution is 0.550. The molecule has 2 rings (SSSR count). The Morgan fingerprint density at radius 1 is 1.05 bits per heavy atom. The van der Waals surface area contributed by atoms with Gasteiger partial charge in [-0.25, -0.2) is 0 Å². The van der Waals surface area contributed by atoms with Crippen LogP contribution in [-0.2, 0) is 6.42 Å². The van der Waals surface area contributed by atoms with Gasteiger partial charge in [0.1, 0.15) is 0 Å². The molecule has 0 heterocycles. The van der Waals surface area contributed by atoms with E-state index in [4.69, 9.17) is 34.8 Å². The number of nitrogens with one attached hydrogen (secondary N) is 1. The third kappa shape index (κ3) is 4.14. The SMILES string of the molecule is CCNC(Cc1ccc(Cl)c(Cl)c1)c1cccc(C)c1Cl. The summed E-state index contributed by atoms with van der Waals surface area (Å²) in [6.07, 6.45) is 0.813. The summed E-state index contributed by atoms with van der Waals surface area (Å²) in [6.45, 7) is 4.98. The maximum absolute atomic E-state index is 6.46. The Labute approximate surface area is 141 Å². The summed E-state index contributed by atoms with van der Waals surface area (Å²) in [4.78, 5) is 0.